The number of halogens is 3. The highest BCUT2D eigenvalue weighted by Crippen LogP contribution is 2.19. The van der Waals surface area contributed by atoms with Gasteiger partial charge in [0.05, 0.1) is 17.9 Å². The smallest absolute Gasteiger partial charge is 0.343 e. The summed E-state index contributed by atoms with van der Waals surface area (Å²) < 4.78 is 49.7. The van der Waals surface area contributed by atoms with E-state index in [1.54, 1.807) is 6.92 Å². The monoisotopic (exact) mass is 354 g/mol. The van der Waals surface area contributed by atoms with E-state index < -0.39 is 40.3 Å². The number of ether oxygens (including phenoxy) is 1. The molecule has 0 fully saturated rings. The fourth-order valence-electron chi connectivity index (χ4n) is 1.84. The number of hydrogen-bond donors (Lipinski definition) is 1. The maximum atomic E-state index is 13.8. The predicted molar refractivity (Wildman–Crippen MR) is 80.2 cm³/mol. The number of ketones is 1. The van der Waals surface area contributed by atoms with Gasteiger partial charge in [0.15, 0.2) is 11.6 Å². The highest BCUT2D eigenvalue weighted by atomic mass is 19.2. The molecule has 0 saturated carbocycles. The molecule has 2 aromatic rings. The molecule has 0 saturated heterocycles. The van der Waals surface area contributed by atoms with Crippen molar-refractivity contribution in [1.82, 2.24) is 5.16 Å². The van der Waals surface area contributed by atoms with Crippen molar-refractivity contribution in [3.63, 3.8) is 0 Å². The fourth-order valence-corrected chi connectivity index (χ4v) is 1.84. The predicted octanol–water partition coefficient (Wildman–Crippen LogP) is 3.14. The minimum absolute atomic E-state index is 0.0505. The molecule has 1 aromatic carbocycles. The lowest BCUT2D eigenvalue weighted by Gasteiger charge is -2.08. The number of Topliss-reactive ketones (excluding diaryl/α,β-unsaturated/α-hetero) is 1. The third kappa shape index (κ3) is 4.25. The summed E-state index contributed by atoms with van der Waals surface area (Å²) in [5, 5.41) is 6.09. The molecule has 1 heterocycles. The van der Waals surface area contributed by atoms with Gasteiger partial charge in [-0.3, -0.25) is 4.79 Å². The normalized spacial score (nSPS) is 11.3. The Kier molecular flexibility index (Phi) is 5.58. The van der Waals surface area contributed by atoms with Gasteiger partial charge in [0, 0.05) is 18.3 Å². The summed E-state index contributed by atoms with van der Waals surface area (Å²) in [5.41, 5.74) is -0.902. The van der Waals surface area contributed by atoms with Crippen LogP contribution in [-0.4, -0.2) is 23.5 Å². The number of esters is 1. The van der Waals surface area contributed by atoms with E-state index in [-0.39, 0.29) is 18.6 Å². The molecule has 1 N–H and O–H groups in total. The fraction of sp³-hybridized carbons (Fsp3) is 0.188. The zero-order valence-corrected chi connectivity index (χ0v) is 13.2. The van der Waals surface area contributed by atoms with Gasteiger partial charge in [-0.1, -0.05) is 5.16 Å². The molecule has 0 aliphatic rings. The maximum absolute atomic E-state index is 13.8. The zero-order chi connectivity index (χ0) is 18.6. The van der Waals surface area contributed by atoms with Gasteiger partial charge in [-0.05, 0) is 19.9 Å². The SMILES string of the molecule is CCOC(=O)C(=CNc1cc(C)no1)C(=O)c1cc(F)c(F)cc1F. The van der Waals surface area contributed by atoms with Crippen LogP contribution >= 0.6 is 0 Å². The van der Waals surface area contributed by atoms with Crippen molar-refractivity contribution in [3.8, 4) is 0 Å². The van der Waals surface area contributed by atoms with Crippen molar-refractivity contribution in [2.24, 2.45) is 0 Å². The Bertz CT molecular complexity index is 846. The van der Waals surface area contributed by atoms with Crippen LogP contribution in [0.5, 0.6) is 0 Å². The number of carbonyl (C=O) groups is 2. The van der Waals surface area contributed by atoms with Gasteiger partial charge in [-0.2, -0.15) is 0 Å². The zero-order valence-electron chi connectivity index (χ0n) is 13.2. The molecule has 0 aliphatic heterocycles. The third-order valence-electron chi connectivity index (χ3n) is 2.98. The topological polar surface area (TPSA) is 81.4 Å². The van der Waals surface area contributed by atoms with Gasteiger partial charge in [0.1, 0.15) is 11.4 Å². The van der Waals surface area contributed by atoms with Crippen molar-refractivity contribution in [3.05, 3.63) is 58.7 Å². The van der Waals surface area contributed by atoms with Crippen molar-refractivity contribution in [1.29, 1.82) is 0 Å². The van der Waals surface area contributed by atoms with Crippen molar-refractivity contribution in [2.75, 3.05) is 11.9 Å². The molecule has 0 atom stereocenters. The van der Waals surface area contributed by atoms with Crippen LogP contribution in [0.2, 0.25) is 0 Å². The number of aryl methyl sites for hydroxylation is 1. The van der Waals surface area contributed by atoms with Crippen LogP contribution in [0.15, 0.2) is 34.5 Å². The van der Waals surface area contributed by atoms with E-state index in [0.717, 1.165) is 6.20 Å². The first-order valence-corrected chi connectivity index (χ1v) is 7.09. The number of hydrogen-bond acceptors (Lipinski definition) is 6. The molecule has 9 heteroatoms. The minimum Gasteiger partial charge on any atom is -0.462 e. The van der Waals surface area contributed by atoms with Crippen molar-refractivity contribution < 1.29 is 32.0 Å². The van der Waals surface area contributed by atoms with E-state index in [9.17, 15) is 22.8 Å². The van der Waals surface area contributed by atoms with Crippen LogP contribution in [0.1, 0.15) is 23.0 Å². The molecule has 0 aliphatic carbocycles. The van der Waals surface area contributed by atoms with E-state index in [1.165, 1.54) is 13.0 Å². The minimum atomic E-state index is -1.45. The van der Waals surface area contributed by atoms with E-state index in [0.29, 0.717) is 11.8 Å². The molecule has 0 unspecified atom stereocenters. The summed E-state index contributed by atoms with van der Waals surface area (Å²) in [6.07, 6.45) is 0.918. The first-order valence-electron chi connectivity index (χ1n) is 7.09. The van der Waals surface area contributed by atoms with Crippen LogP contribution in [0.4, 0.5) is 19.1 Å². The Morgan fingerprint density at radius 1 is 1.20 bits per heavy atom. The van der Waals surface area contributed by atoms with Gasteiger partial charge in [0.25, 0.3) is 0 Å². The Morgan fingerprint density at radius 2 is 1.88 bits per heavy atom. The molecule has 6 nitrogen and oxygen atoms in total. The standard InChI is InChI=1S/C16H13F3N2O4/c1-3-24-16(23)10(7-20-14-4-8(2)21-25-14)15(22)9-5-12(18)13(19)6-11(9)17/h4-7,20H,3H2,1-2H3. The summed E-state index contributed by atoms with van der Waals surface area (Å²) in [6, 6.07) is 2.07. The van der Waals surface area contributed by atoms with E-state index in [2.05, 4.69) is 10.5 Å². The van der Waals surface area contributed by atoms with E-state index in [4.69, 9.17) is 9.26 Å². The number of rotatable bonds is 6. The highest BCUT2D eigenvalue weighted by molar-refractivity contribution is 6.24. The number of nitrogens with zero attached hydrogens (tertiary/aromatic N) is 1. The molecular formula is C16H13F3N2O4. The summed E-state index contributed by atoms with van der Waals surface area (Å²) in [5.74, 6) is -6.33. The maximum Gasteiger partial charge on any atom is 0.343 e. The molecule has 0 radical (unpaired) electrons. The molecule has 132 valence electrons. The Labute approximate surface area is 140 Å². The first-order chi connectivity index (χ1) is 11.8. The van der Waals surface area contributed by atoms with Crippen molar-refractivity contribution >= 4 is 17.6 Å². The second-order valence-corrected chi connectivity index (χ2v) is 4.83. The molecule has 2 rings (SSSR count). The van der Waals surface area contributed by atoms with Gasteiger partial charge >= 0.3 is 5.97 Å². The summed E-state index contributed by atoms with van der Waals surface area (Å²) >= 11 is 0. The molecule has 25 heavy (non-hydrogen) atoms. The van der Waals surface area contributed by atoms with E-state index >= 15 is 0 Å². The summed E-state index contributed by atoms with van der Waals surface area (Å²) in [6.45, 7) is 3.10. The Morgan fingerprint density at radius 3 is 2.48 bits per heavy atom. The molecule has 0 amide bonds. The van der Waals surface area contributed by atoms with Crippen LogP contribution in [0.25, 0.3) is 0 Å². The van der Waals surface area contributed by atoms with Crippen molar-refractivity contribution in [2.45, 2.75) is 13.8 Å². The Balaban J connectivity index is 2.39. The molecular weight excluding hydrogens is 341 g/mol. The molecule has 0 spiro atoms. The van der Waals surface area contributed by atoms with Crippen LogP contribution < -0.4 is 5.32 Å². The summed E-state index contributed by atoms with van der Waals surface area (Å²) in [7, 11) is 0. The second kappa shape index (κ2) is 7.65. The van der Waals surface area contributed by atoms with Gasteiger partial charge in [0.2, 0.25) is 11.7 Å². The quantitative estimate of drug-likeness (QED) is 0.214. The van der Waals surface area contributed by atoms with Gasteiger partial charge in [-0.25, -0.2) is 18.0 Å². The lowest BCUT2D eigenvalue weighted by atomic mass is 10.0. The average molecular weight is 354 g/mol. The number of anilines is 1. The van der Waals surface area contributed by atoms with Crippen LogP contribution in [-0.2, 0) is 9.53 Å². The second-order valence-electron chi connectivity index (χ2n) is 4.83. The average Bonchev–Trinajstić information content (AvgIpc) is 2.96. The lowest BCUT2D eigenvalue weighted by molar-refractivity contribution is -0.138. The van der Waals surface area contributed by atoms with Crippen LogP contribution in [0, 0.1) is 24.4 Å². The number of aromatic nitrogens is 1. The number of carbonyl (C=O) groups excluding carboxylic acids is 2. The van der Waals surface area contributed by atoms with Gasteiger partial charge in [-0.15, -0.1) is 0 Å². The summed E-state index contributed by atoms with van der Waals surface area (Å²) in [4.78, 5) is 24.3. The molecule has 1 aromatic heterocycles. The highest BCUT2D eigenvalue weighted by Gasteiger charge is 2.25. The number of benzene rings is 1. The molecule has 0 bridgehead atoms. The van der Waals surface area contributed by atoms with Gasteiger partial charge < -0.3 is 14.6 Å². The Hall–Kier alpha value is -3.10. The van der Waals surface area contributed by atoms with E-state index in [1.807, 2.05) is 0 Å². The van der Waals surface area contributed by atoms with Crippen LogP contribution in [0.3, 0.4) is 0 Å². The number of nitrogens with one attached hydrogen (secondary N) is 1. The largest absolute Gasteiger partial charge is 0.462 e. The lowest BCUT2D eigenvalue weighted by Crippen LogP contribution is -2.19. The third-order valence-corrected chi connectivity index (χ3v) is 2.98. The first kappa shape index (κ1) is 18.2.